The maximum Gasteiger partial charge on any atom is 0.225 e. The first-order valence-corrected chi connectivity index (χ1v) is 10.3. The molecular weight excluding hydrogens is 392 g/mol. The van der Waals surface area contributed by atoms with E-state index in [4.69, 9.17) is 20.2 Å². The molecule has 0 radical (unpaired) electrons. The number of fused-ring (bicyclic) bond motifs is 1. The van der Waals surface area contributed by atoms with Crippen molar-refractivity contribution in [2.75, 3.05) is 31.3 Å². The zero-order chi connectivity index (χ0) is 21.2. The molecule has 0 unspecified atom stereocenters. The summed E-state index contributed by atoms with van der Waals surface area (Å²) in [5.41, 5.74) is 9.54. The summed E-state index contributed by atoms with van der Waals surface area (Å²) >= 11 is 0. The lowest BCUT2D eigenvalue weighted by atomic mass is 10.1. The quantitative estimate of drug-likeness (QED) is 0.495. The number of nitrogen functional groups attached to an aromatic ring is 1. The minimum absolute atomic E-state index is 0.173. The molecule has 3 heterocycles. The zero-order valence-electron chi connectivity index (χ0n) is 17.3. The van der Waals surface area contributed by atoms with Gasteiger partial charge in [0.2, 0.25) is 5.95 Å². The summed E-state index contributed by atoms with van der Waals surface area (Å²) in [5.74, 6) is 1.73. The Morgan fingerprint density at radius 3 is 2.81 bits per heavy atom. The van der Waals surface area contributed by atoms with E-state index in [0.717, 1.165) is 36.4 Å². The Hall–Kier alpha value is -3.65. The van der Waals surface area contributed by atoms with Crippen LogP contribution in [0.3, 0.4) is 0 Å². The number of methoxy groups -OCH3 is 1. The van der Waals surface area contributed by atoms with Gasteiger partial charge in [0.1, 0.15) is 11.6 Å². The van der Waals surface area contributed by atoms with E-state index in [9.17, 15) is 0 Å². The van der Waals surface area contributed by atoms with Gasteiger partial charge in [0, 0.05) is 18.7 Å². The van der Waals surface area contributed by atoms with Crippen molar-refractivity contribution < 1.29 is 9.47 Å². The Kier molecular flexibility index (Phi) is 5.13. The Morgan fingerprint density at radius 2 is 2.03 bits per heavy atom. The lowest BCUT2D eigenvalue weighted by Crippen LogP contribution is -2.19. The average Bonchev–Trinajstić information content (AvgIpc) is 3.46. The van der Waals surface area contributed by atoms with E-state index in [1.54, 1.807) is 11.8 Å². The lowest BCUT2D eigenvalue weighted by Gasteiger charge is -2.12. The molecule has 1 aliphatic heterocycles. The molecule has 31 heavy (non-hydrogen) atoms. The highest BCUT2D eigenvalue weighted by molar-refractivity contribution is 5.99. The van der Waals surface area contributed by atoms with Crippen LogP contribution in [0.25, 0.3) is 28.0 Å². The number of rotatable bonds is 6. The highest BCUT2D eigenvalue weighted by Crippen LogP contribution is 2.34. The number of nitrogens with one attached hydrogen (secondary N) is 1. The van der Waals surface area contributed by atoms with Crippen LogP contribution in [-0.2, 0) is 4.74 Å². The van der Waals surface area contributed by atoms with Gasteiger partial charge >= 0.3 is 0 Å². The van der Waals surface area contributed by atoms with Crippen molar-refractivity contribution in [1.82, 2.24) is 19.7 Å². The number of benzene rings is 2. The Morgan fingerprint density at radius 1 is 1.16 bits per heavy atom. The van der Waals surface area contributed by atoms with Crippen molar-refractivity contribution in [1.29, 1.82) is 0 Å². The second-order valence-electron chi connectivity index (χ2n) is 7.47. The molecule has 0 aliphatic carbocycles. The van der Waals surface area contributed by atoms with Crippen LogP contribution in [0.1, 0.15) is 12.8 Å². The molecule has 158 valence electrons. The van der Waals surface area contributed by atoms with Gasteiger partial charge in [-0.25, -0.2) is 9.67 Å². The zero-order valence-corrected chi connectivity index (χ0v) is 17.3. The normalized spacial score (nSPS) is 16.0. The second kappa shape index (κ2) is 8.23. The number of para-hydroxylation sites is 1. The predicted octanol–water partition coefficient (Wildman–Crippen LogP) is 3.66. The second-order valence-corrected chi connectivity index (χ2v) is 7.47. The van der Waals surface area contributed by atoms with Gasteiger partial charge in [-0.2, -0.15) is 4.98 Å². The average molecular weight is 416 g/mol. The molecule has 3 N–H and O–H groups in total. The van der Waals surface area contributed by atoms with Crippen LogP contribution in [0.5, 0.6) is 5.75 Å². The van der Waals surface area contributed by atoms with E-state index in [-0.39, 0.29) is 6.10 Å². The number of hydrogen-bond donors (Lipinski definition) is 2. The molecule has 8 nitrogen and oxygen atoms in total. The summed E-state index contributed by atoms with van der Waals surface area (Å²) in [6, 6.07) is 17.5. The number of nitrogens with two attached hydrogens (primary N) is 1. The molecule has 1 atom stereocenters. The molecule has 0 saturated carbocycles. The molecule has 1 aliphatic rings. The first kappa shape index (κ1) is 19.3. The van der Waals surface area contributed by atoms with Crippen molar-refractivity contribution in [2.45, 2.75) is 18.9 Å². The summed E-state index contributed by atoms with van der Waals surface area (Å²) in [4.78, 5) is 9.46. The summed E-state index contributed by atoms with van der Waals surface area (Å²) in [6.45, 7) is 1.46. The van der Waals surface area contributed by atoms with Crippen LogP contribution in [0.2, 0.25) is 0 Å². The maximum atomic E-state index is 6.55. The Labute approximate surface area is 180 Å². The number of hydrogen-bond acceptors (Lipinski definition) is 7. The lowest BCUT2D eigenvalue weighted by molar-refractivity contribution is 0.120. The van der Waals surface area contributed by atoms with Gasteiger partial charge in [0.15, 0.2) is 5.65 Å². The monoisotopic (exact) mass is 416 g/mol. The van der Waals surface area contributed by atoms with Crippen molar-refractivity contribution >= 4 is 22.8 Å². The fourth-order valence-corrected chi connectivity index (χ4v) is 3.85. The standard InChI is InChI=1S/C23H24N6O2/c1-30-17-10-5-7-15(13-17)20-19-21(24)29(16-8-3-2-4-9-16)28-22(19)27-23(26-20)25-14-18-11-6-12-31-18/h2-5,7-10,13,18H,6,11-12,14,24H2,1H3,(H,25,27,28)/t18-/m0/s1. The number of aromatic nitrogens is 4. The van der Waals surface area contributed by atoms with Crippen molar-refractivity contribution in [3.8, 4) is 22.7 Å². The molecule has 2 aromatic carbocycles. The molecule has 2 aromatic heterocycles. The predicted molar refractivity (Wildman–Crippen MR) is 121 cm³/mol. The van der Waals surface area contributed by atoms with Gasteiger partial charge in [-0.05, 0) is 37.1 Å². The molecule has 0 amide bonds. The first-order valence-electron chi connectivity index (χ1n) is 10.3. The molecule has 4 aromatic rings. The third-order valence-electron chi connectivity index (χ3n) is 5.42. The van der Waals surface area contributed by atoms with E-state index in [2.05, 4.69) is 15.4 Å². The van der Waals surface area contributed by atoms with Gasteiger partial charge in [-0.1, -0.05) is 30.3 Å². The van der Waals surface area contributed by atoms with Gasteiger partial charge in [-0.15, -0.1) is 5.10 Å². The van der Waals surface area contributed by atoms with E-state index in [1.807, 2.05) is 54.6 Å². The van der Waals surface area contributed by atoms with Gasteiger partial charge in [0.05, 0.1) is 30.0 Å². The fraction of sp³-hybridized carbons (Fsp3) is 0.261. The smallest absolute Gasteiger partial charge is 0.225 e. The summed E-state index contributed by atoms with van der Waals surface area (Å²) < 4.78 is 12.8. The van der Waals surface area contributed by atoms with E-state index < -0.39 is 0 Å². The summed E-state index contributed by atoms with van der Waals surface area (Å²) in [6.07, 6.45) is 2.29. The topological polar surface area (TPSA) is 100 Å². The summed E-state index contributed by atoms with van der Waals surface area (Å²) in [7, 11) is 1.64. The van der Waals surface area contributed by atoms with E-state index in [0.29, 0.717) is 35.0 Å². The summed E-state index contributed by atoms with van der Waals surface area (Å²) in [5, 5.41) is 8.72. The van der Waals surface area contributed by atoms with Crippen LogP contribution < -0.4 is 15.8 Å². The highest BCUT2D eigenvalue weighted by Gasteiger charge is 2.21. The van der Waals surface area contributed by atoms with Crippen LogP contribution >= 0.6 is 0 Å². The molecule has 0 bridgehead atoms. The van der Waals surface area contributed by atoms with Gasteiger partial charge in [-0.3, -0.25) is 0 Å². The minimum Gasteiger partial charge on any atom is -0.497 e. The van der Waals surface area contributed by atoms with Crippen LogP contribution in [0.15, 0.2) is 54.6 Å². The van der Waals surface area contributed by atoms with Crippen LogP contribution in [0, 0.1) is 0 Å². The maximum absolute atomic E-state index is 6.55. The molecule has 1 fully saturated rings. The molecular formula is C23H24N6O2. The first-order chi connectivity index (χ1) is 15.2. The molecule has 1 saturated heterocycles. The van der Waals surface area contributed by atoms with Crippen molar-refractivity contribution in [3.63, 3.8) is 0 Å². The molecule has 0 spiro atoms. The fourth-order valence-electron chi connectivity index (χ4n) is 3.85. The SMILES string of the molecule is COc1cccc(-c2nc(NC[C@@H]3CCCO3)nc3nn(-c4ccccc4)c(N)c23)c1. The van der Waals surface area contributed by atoms with E-state index >= 15 is 0 Å². The van der Waals surface area contributed by atoms with Crippen LogP contribution in [-0.4, -0.2) is 46.1 Å². The third kappa shape index (κ3) is 3.77. The van der Waals surface area contributed by atoms with Crippen molar-refractivity contribution in [3.05, 3.63) is 54.6 Å². The molecule has 8 heteroatoms. The van der Waals surface area contributed by atoms with E-state index in [1.165, 1.54) is 0 Å². The largest absolute Gasteiger partial charge is 0.497 e. The number of anilines is 2. The van der Waals surface area contributed by atoms with Crippen molar-refractivity contribution in [2.24, 2.45) is 0 Å². The Balaban J connectivity index is 1.64. The third-order valence-corrected chi connectivity index (χ3v) is 5.42. The van der Waals surface area contributed by atoms with Crippen LogP contribution in [0.4, 0.5) is 11.8 Å². The Bertz CT molecular complexity index is 1200. The highest BCUT2D eigenvalue weighted by atomic mass is 16.5. The van der Waals surface area contributed by atoms with Gasteiger partial charge < -0.3 is 20.5 Å². The minimum atomic E-state index is 0.173. The number of ether oxygens (including phenoxy) is 2. The molecule has 5 rings (SSSR count). The van der Waals surface area contributed by atoms with Gasteiger partial charge in [0.25, 0.3) is 0 Å². The number of nitrogens with zero attached hydrogens (tertiary/aromatic N) is 4.